The predicted molar refractivity (Wildman–Crippen MR) is 54.4 cm³/mol. The smallest absolute Gasteiger partial charge is 0.107 e. The number of ether oxygens (including phenoxy) is 2. The summed E-state index contributed by atoms with van der Waals surface area (Å²) in [4.78, 5) is 0. The van der Waals surface area contributed by atoms with Gasteiger partial charge in [-0.15, -0.1) is 6.58 Å². The van der Waals surface area contributed by atoms with Crippen molar-refractivity contribution < 1.29 is 9.47 Å². The summed E-state index contributed by atoms with van der Waals surface area (Å²) in [5.74, 6) is 5.80. The van der Waals surface area contributed by atoms with Crippen LogP contribution < -0.4 is 0 Å². The Bertz CT molecular complexity index is 218. The van der Waals surface area contributed by atoms with Crippen molar-refractivity contribution in [3.63, 3.8) is 0 Å². The molecule has 0 atom stereocenters. The normalized spacial score (nSPS) is 10.5. The minimum atomic E-state index is 0.471. The molecule has 0 fully saturated rings. The summed E-state index contributed by atoms with van der Waals surface area (Å²) in [7, 11) is 1.63. The van der Waals surface area contributed by atoms with E-state index < -0.39 is 0 Å². The van der Waals surface area contributed by atoms with Gasteiger partial charge in [-0.3, -0.25) is 0 Å². The van der Waals surface area contributed by atoms with Gasteiger partial charge in [-0.05, 0) is 18.6 Å². The monoisotopic (exact) mass is 180 g/mol. The highest BCUT2D eigenvalue weighted by Crippen LogP contribution is 1.89. The molecular weight excluding hydrogens is 164 g/mol. The second-order valence-corrected chi connectivity index (χ2v) is 2.45. The molecule has 0 aromatic heterocycles. The highest BCUT2D eigenvalue weighted by atomic mass is 16.5. The molecule has 0 radical (unpaired) electrons. The third kappa shape index (κ3) is 8.87. The molecule has 0 saturated heterocycles. The Morgan fingerprint density at radius 3 is 2.85 bits per heavy atom. The van der Waals surface area contributed by atoms with Crippen molar-refractivity contribution in [3.8, 4) is 11.8 Å². The average Bonchev–Trinajstić information content (AvgIpc) is 2.13. The van der Waals surface area contributed by atoms with Crippen molar-refractivity contribution in [1.29, 1.82) is 0 Å². The van der Waals surface area contributed by atoms with E-state index in [1.807, 2.05) is 13.0 Å². The SMILES string of the molecule is C=CCOC/C=C(\C)C#CCOC. The summed E-state index contributed by atoms with van der Waals surface area (Å²) in [5, 5.41) is 0. The van der Waals surface area contributed by atoms with Gasteiger partial charge in [0.05, 0.1) is 13.2 Å². The van der Waals surface area contributed by atoms with Gasteiger partial charge < -0.3 is 9.47 Å². The molecule has 0 unspecified atom stereocenters. The highest BCUT2D eigenvalue weighted by Gasteiger charge is 1.81. The van der Waals surface area contributed by atoms with Crippen molar-refractivity contribution in [2.24, 2.45) is 0 Å². The summed E-state index contributed by atoms with van der Waals surface area (Å²) in [6.07, 6.45) is 3.66. The Labute approximate surface area is 80.2 Å². The summed E-state index contributed by atoms with van der Waals surface area (Å²) in [5.41, 5.74) is 1.00. The molecule has 0 spiro atoms. The molecule has 0 saturated carbocycles. The minimum absolute atomic E-state index is 0.471. The molecule has 13 heavy (non-hydrogen) atoms. The highest BCUT2D eigenvalue weighted by molar-refractivity contribution is 5.26. The van der Waals surface area contributed by atoms with Crippen LogP contribution in [0.2, 0.25) is 0 Å². The van der Waals surface area contributed by atoms with E-state index in [4.69, 9.17) is 9.47 Å². The average molecular weight is 180 g/mol. The molecule has 0 aliphatic heterocycles. The van der Waals surface area contributed by atoms with Crippen molar-refractivity contribution >= 4 is 0 Å². The number of hydrogen-bond acceptors (Lipinski definition) is 2. The molecule has 0 heterocycles. The van der Waals surface area contributed by atoms with Gasteiger partial charge in [-0.1, -0.05) is 17.9 Å². The zero-order chi connectivity index (χ0) is 9.94. The van der Waals surface area contributed by atoms with Crippen LogP contribution in [0.25, 0.3) is 0 Å². The maximum absolute atomic E-state index is 5.17. The van der Waals surface area contributed by atoms with E-state index in [1.165, 1.54) is 0 Å². The topological polar surface area (TPSA) is 18.5 Å². The van der Waals surface area contributed by atoms with E-state index >= 15 is 0 Å². The molecule has 0 bridgehead atoms. The molecule has 0 aliphatic rings. The van der Waals surface area contributed by atoms with Crippen molar-refractivity contribution in [2.45, 2.75) is 6.92 Å². The minimum Gasteiger partial charge on any atom is -0.373 e. The number of hydrogen-bond donors (Lipinski definition) is 0. The Balaban J connectivity index is 3.63. The third-order valence-corrected chi connectivity index (χ3v) is 1.25. The summed E-state index contributed by atoms with van der Waals surface area (Å²) < 4.78 is 9.96. The third-order valence-electron chi connectivity index (χ3n) is 1.25. The fourth-order valence-corrected chi connectivity index (χ4v) is 0.634. The number of allylic oxidation sites excluding steroid dienone is 1. The first kappa shape index (κ1) is 12.0. The van der Waals surface area contributed by atoms with Crippen LogP contribution in [0.3, 0.4) is 0 Å². The van der Waals surface area contributed by atoms with E-state index in [0.717, 1.165) is 5.57 Å². The molecule has 2 heteroatoms. The molecule has 0 aromatic carbocycles. The van der Waals surface area contributed by atoms with Gasteiger partial charge in [0.1, 0.15) is 6.61 Å². The van der Waals surface area contributed by atoms with Crippen molar-refractivity contribution in [2.75, 3.05) is 26.9 Å². The van der Waals surface area contributed by atoms with Gasteiger partial charge >= 0.3 is 0 Å². The Kier molecular flexibility index (Phi) is 8.33. The fraction of sp³-hybridized carbons (Fsp3) is 0.455. The van der Waals surface area contributed by atoms with Crippen LogP contribution in [-0.4, -0.2) is 26.9 Å². The van der Waals surface area contributed by atoms with Gasteiger partial charge in [0.25, 0.3) is 0 Å². The summed E-state index contributed by atoms with van der Waals surface area (Å²) in [6.45, 7) is 7.12. The first-order chi connectivity index (χ1) is 6.31. The van der Waals surface area contributed by atoms with Crippen LogP contribution in [0, 0.1) is 11.8 Å². The van der Waals surface area contributed by atoms with Crippen molar-refractivity contribution in [1.82, 2.24) is 0 Å². The van der Waals surface area contributed by atoms with E-state index in [9.17, 15) is 0 Å². The zero-order valence-electron chi connectivity index (χ0n) is 8.30. The molecule has 0 amide bonds. The van der Waals surface area contributed by atoms with Gasteiger partial charge in [-0.25, -0.2) is 0 Å². The van der Waals surface area contributed by atoms with Gasteiger partial charge in [0, 0.05) is 7.11 Å². The molecular formula is C11H16O2. The van der Waals surface area contributed by atoms with Crippen LogP contribution >= 0.6 is 0 Å². The first-order valence-corrected chi connectivity index (χ1v) is 4.14. The lowest BCUT2D eigenvalue weighted by Crippen LogP contribution is -1.90. The van der Waals surface area contributed by atoms with Crippen LogP contribution in [-0.2, 0) is 9.47 Å². The Hall–Kier alpha value is -1.04. The maximum Gasteiger partial charge on any atom is 0.107 e. The maximum atomic E-state index is 5.17. The standard InChI is InChI=1S/C11H16O2/c1-4-8-13-10-7-11(2)6-5-9-12-3/h4,7H,1,8-10H2,2-3H3/b11-7+. The zero-order valence-corrected chi connectivity index (χ0v) is 8.30. The predicted octanol–water partition coefficient (Wildman–Crippen LogP) is 1.79. The second kappa shape index (κ2) is 9.05. The molecule has 0 aliphatic carbocycles. The van der Waals surface area contributed by atoms with Gasteiger partial charge in [0.15, 0.2) is 0 Å². The quantitative estimate of drug-likeness (QED) is 0.365. The van der Waals surface area contributed by atoms with Crippen LogP contribution in [0.1, 0.15) is 6.92 Å². The molecule has 0 N–H and O–H groups in total. The summed E-state index contributed by atoms with van der Waals surface area (Å²) in [6, 6.07) is 0. The lowest BCUT2D eigenvalue weighted by molar-refractivity contribution is 0.194. The fourth-order valence-electron chi connectivity index (χ4n) is 0.634. The Morgan fingerprint density at radius 1 is 1.46 bits per heavy atom. The molecule has 0 aromatic rings. The lowest BCUT2D eigenvalue weighted by atomic mass is 10.3. The summed E-state index contributed by atoms with van der Waals surface area (Å²) >= 11 is 0. The molecule has 72 valence electrons. The first-order valence-electron chi connectivity index (χ1n) is 4.14. The van der Waals surface area contributed by atoms with Gasteiger partial charge in [-0.2, -0.15) is 0 Å². The molecule has 2 nitrogen and oxygen atoms in total. The van der Waals surface area contributed by atoms with Crippen LogP contribution in [0.5, 0.6) is 0 Å². The second-order valence-electron chi connectivity index (χ2n) is 2.45. The van der Waals surface area contributed by atoms with Crippen LogP contribution in [0.15, 0.2) is 24.3 Å². The van der Waals surface area contributed by atoms with E-state index in [2.05, 4.69) is 18.4 Å². The lowest BCUT2D eigenvalue weighted by Gasteiger charge is -1.94. The van der Waals surface area contributed by atoms with E-state index in [1.54, 1.807) is 13.2 Å². The van der Waals surface area contributed by atoms with E-state index in [-0.39, 0.29) is 0 Å². The number of rotatable bonds is 5. The van der Waals surface area contributed by atoms with Crippen LogP contribution in [0.4, 0.5) is 0 Å². The van der Waals surface area contributed by atoms with Gasteiger partial charge in [0.2, 0.25) is 0 Å². The van der Waals surface area contributed by atoms with Crippen molar-refractivity contribution in [3.05, 3.63) is 24.3 Å². The number of methoxy groups -OCH3 is 1. The Morgan fingerprint density at radius 2 is 2.23 bits per heavy atom. The van der Waals surface area contributed by atoms with E-state index in [0.29, 0.717) is 19.8 Å². The molecule has 0 rings (SSSR count). The largest absolute Gasteiger partial charge is 0.373 e.